The molecule has 1 saturated heterocycles. The molecule has 0 aliphatic carbocycles. The Morgan fingerprint density at radius 1 is 1.31 bits per heavy atom. The van der Waals surface area contributed by atoms with Crippen LogP contribution in [0.15, 0.2) is 24.3 Å². The van der Waals surface area contributed by atoms with Crippen LogP contribution >= 0.6 is 0 Å². The van der Waals surface area contributed by atoms with E-state index in [4.69, 9.17) is 5.73 Å². The lowest BCUT2D eigenvalue weighted by molar-refractivity contribution is 0.0679. The largest absolute Gasteiger partial charge is 0.389 e. The second-order valence-corrected chi connectivity index (χ2v) is 4.98. The molecule has 0 aromatic heterocycles. The molecule has 0 amide bonds. The highest BCUT2D eigenvalue weighted by molar-refractivity contribution is 5.22. The normalized spacial score (nSPS) is 26.2. The summed E-state index contributed by atoms with van der Waals surface area (Å²) >= 11 is 0. The van der Waals surface area contributed by atoms with E-state index >= 15 is 0 Å². The Balaban J connectivity index is 1.94. The zero-order valence-corrected chi connectivity index (χ0v) is 9.82. The molecule has 1 aromatic carbocycles. The van der Waals surface area contributed by atoms with Crippen LogP contribution in [0.25, 0.3) is 0 Å². The third-order valence-electron chi connectivity index (χ3n) is 3.20. The second-order valence-electron chi connectivity index (χ2n) is 4.98. The first kappa shape index (κ1) is 11.6. The molecule has 2 rings (SSSR count). The molecule has 1 aliphatic heterocycles. The van der Waals surface area contributed by atoms with Crippen molar-refractivity contribution >= 4 is 0 Å². The van der Waals surface area contributed by atoms with E-state index < -0.39 is 5.60 Å². The van der Waals surface area contributed by atoms with E-state index in [-0.39, 0.29) is 0 Å². The number of hydrogen-bond donors (Lipinski definition) is 2. The minimum atomic E-state index is -0.503. The number of aliphatic hydroxyl groups is 1. The summed E-state index contributed by atoms with van der Waals surface area (Å²) in [6, 6.07) is 8.39. The third-order valence-corrected chi connectivity index (χ3v) is 3.20. The molecule has 1 atom stereocenters. The van der Waals surface area contributed by atoms with Crippen molar-refractivity contribution in [1.82, 2.24) is 4.90 Å². The van der Waals surface area contributed by atoms with Crippen molar-refractivity contribution in [2.75, 3.05) is 13.1 Å². The summed E-state index contributed by atoms with van der Waals surface area (Å²) in [5.74, 6) is 0. The first-order valence-corrected chi connectivity index (χ1v) is 5.82. The predicted molar refractivity (Wildman–Crippen MR) is 64.9 cm³/mol. The Bertz CT molecular complexity index is 345. The van der Waals surface area contributed by atoms with Crippen LogP contribution in [-0.2, 0) is 13.1 Å². The van der Waals surface area contributed by atoms with Gasteiger partial charge in [-0.15, -0.1) is 0 Å². The fraction of sp³-hybridized carbons (Fsp3) is 0.538. The minimum Gasteiger partial charge on any atom is -0.389 e. The van der Waals surface area contributed by atoms with Crippen LogP contribution in [-0.4, -0.2) is 28.7 Å². The van der Waals surface area contributed by atoms with Crippen LogP contribution in [0.3, 0.4) is 0 Å². The number of rotatable bonds is 3. The third kappa shape index (κ3) is 2.82. The van der Waals surface area contributed by atoms with Crippen LogP contribution in [0.4, 0.5) is 0 Å². The molecular weight excluding hydrogens is 200 g/mol. The van der Waals surface area contributed by atoms with Crippen molar-refractivity contribution < 1.29 is 5.11 Å². The van der Waals surface area contributed by atoms with Crippen molar-refractivity contribution in [2.45, 2.75) is 32.0 Å². The highest BCUT2D eigenvalue weighted by atomic mass is 16.3. The van der Waals surface area contributed by atoms with E-state index in [2.05, 4.69) is 29.2 Å². The van der Waals surface area contributed by atoms with Gasteiger partial charge in [0.05, 0.1) is 5.60 Å². The van der Waals surface area contributed by atoms with Gasteiger partial charge in [-0.3, -0.25) is 4.90 Å². The van der Waals surface area contributed by atoms with Gasteiger partial charge < -0.3 is 10.8 Å². The van der Waals surface area contributed by atoms with Gasteiger partial charge in [0.2, 0.25) is 0 Å². The molecule has 16 heavy (non-hydrogen) atoms. The molecule has 0 spiro atoms. The smallest absolute Gasteiger partial charge is 0.0758 e. The van der Waals surface area contributed by atoms with Crippen molar-refractivity contribution in [3.05, 3.63) is 35.4 Å². The Kier molecular flexibility index (Phi) is 3.28. The SMILES string of the molecule is CC1(O)CCN(Cc2ccc(CN)cc2)C1. The first-order valence-electron chi connectivity index (χ1n) is 5.82. The number of benzene rings is 1. The summed E-state index contributed by atoms with van der Waals surface area (Å²) < 4.78 is 0. The zero-order valence-electron chi connectivity index (χ0n) is 9.82. The number of β-amino-alcohol motifs (C(OH)–C–C–N with tert-alkyl or cyclic N) is 1. The van der Waals surface area contributed by atoms with Crippen LogP contribution in [0.1, 0.15) is 24.5 Å². The van der Waals surface area contributed by atoms with Gasteiger partial charge >= 0.3 is 0 Å². The van der Waals surface area contributed by atoms with Gasteiger partial charge in [0.1, 0.15) is 0 Å². The van der Waals surface area contributed by atoms with Gasteiger partial charge in [-0.2, -0.15) is 0 Å². The maximum atomic E-state index is 9.87. The lowest BCUT2D eigenvalue weighted by Gasteiger charge is -2.18. The minimum absolute atomic E-state index is 0.503. The Labute approximate surface area is 96.9 Å². The van der Waals surface area contributed by atoms with E-state index in [1.54, 1.807) is 0 Å². The molecule has 1 unspecified atom stereocenters. The number of nitrogens with two attached hydrogens (primary N) is 1. The summed E-state index contributed by atoms with van der Waals surface area (Å²) in [4.78, 5) is 2.29. The summed E-state index contributed by atoms with van der Waals surface area (Å²) in [5, 5.41) is 9.87. The zero-order chi connectivity index (χ0) is 11.6. The topological polar surface area (TPSA) is 49.5 Å². The van der Waals surface area contributed by atoms with E-state index in [9.17, 15) is 5.11 Å². The fourth-order valence-corrected chi connectivity index (χ4v) is 2.21. The van der Waals surface area contributed by atoms with Gasteiger partial charge in [0, 0.05) is 26.2 Å². The molecule has 1 aromatic rings. The van der Waals surface area contributed by atoms with Gasteiger partial charge in [0.25, 0.3) is 0 Å². The molecule has 88 valence electrons. The molecule has 3 N–H and O–H groups in total. The number of likely N-dealkylation sites (tertiary alicyclic amines) is 1. The summed E-state index contributed by atoms with van der Waals surface area (Å²) in [5.41, 5.74) is 7.50. The average Bonchev–Trinajstić information content (AvgIpc) is 2.59. The average molecular weight is 220 g/mol. The van der Waals surface area contributed by atoms with E-state index in [0.717, 1.165) is 31.6 Å². The Morgan fingerprint density at radius 2 is 1.94 bits per heavy atom. The molecule has 3 nitrogen and oxygen atoms in total. The highest BCUT2D eigenvalue weighted by Crippen LogP contribution is 2.21. The van der Waals surface area contributed by atoms with Crippen molar-refractivity contribution in [1.29, 1.82) is 0 Å². The molecule has 0 bridgehead atoms. The lowest BCUT2D eigenvalue weighted by atomic mass is 10.1. The van der Waals surface area contributed by atoms with Crippen molar-refractivity contribution in [2.24, 2.45) is 5.73 Å². The Morgan fingerprint density at radius 3 is 2.44 bits per heavy atom. The second kappa shape index (κ2) is 4.53. The summed E-state index contributed by atoms with van der Waals surface area (Å²) in [6.45, 7) is 5.17. The van der Waals surface area contributed by atoms with E-state index in [0.29, 0.717) is 6.54 Å². The first-order chi connectivity index (χ1) is 7.59. The van der Waals surface area contributed by atoms with Gasteiger partial charge in [-0.05, 0) is 24.5 Å². The standard InChI is InChI=1S/C13H20N2O/c1-13(16)6-7-15(10-13)9-12-4-2-11(8-14)3-5-12/h2-5,16H,6-10,14H2,1H3. The molecule has 0 radical (unpaired) electrons. The molecule has 0 saturated carbocycles. The van der Waals surface area contributed by atoms with Gasteiger partial charge in [-0.25, -0.2) is 0 Å². The predicted octanol–water partition coefficient (Wildman–Crippen LogP) is 1.10. The van der Waals surface area contributed by atoms with Gasteiger partial charge in [-0.1, -0.05) is 24.3 Å². The van der Waals surface area contributed by atoms with Gasteiger partial charge in [0.15, 0.2) is 0 Å². The summed E-state index contributed by atoms with van der Waals surface area (Å²) in [7, 11) is 0. The molecule has 1 fully saturated rings. The van der Waals surface area contributed by atoms with Crippen molar-refractivity contribution in [3.8, 4) is 0 Å². The van der Waals surface area contributed by atoms with E-state index in [1.165, 1.54) is 5.56 Å². The monoisotopic (exact) mass is 220 g/mol. The van der Waals surface area contributed by atoms with Crippen molar-refractivity contribution in [3.63, 3.8) is 0 Å². The quantitative estimate of drug-likeness (QED) is 0.802. The maximum absolute atomic E-state index is 9.87. The maximum Gasteiger partial charge on any atom is 0.0758 e. The highest BCUT2D eigenvalue weighted by Gasteiger charge is 2.30. The number of hydrogen-bond acceptors (Lipinski definition) is 3. The fourth-order valence-electron chi connectivity index (χ4n) is 2.21. The van der Waals surface area contributed by atoms with Crippen LogP contribution in [0.2, 0.25) is 0 Å². The van der Waals surface area contributed by atoms with E-state index in [1.807, 2.05) is 6.92 Å². The molecule has 1 heterocycles. The molecule has 1 aliphatic rings. The summed E-state index contributed by atoms with van der Waals surface area (Å²) in [6.07, 6.45) is 0.869. The van der Waals surface area contributed by atoms with Crippen LogP contribution in [0.5, 0.6) is 0 Å². The van der Waals surface area contributed by atoms with Crippen LogP contribution in [0, 0.1) is 0 Å². The lowest BCUT2D eigenvalue weighted by Crippen LogP contribution is -2.29. The molecular formula is C13H20N2O. The molecule has 3 heteroatoms. The Hall–Kier alpha value is -0.900. The van der Waals surface area contributed by atoms with Crippen LogP contribution < -0.4 is 5.73 Å². The number of nitrogens with zero attached hydrogens (tertiary/aromatic N) is 1.